The Kier molecular flexibility index (Phi) is 6.46. The van der Waals surface area contributed by atoms with Gasteiger partial charge in [-0.15, -0.1) is 17.9 Å². The smallest absolute Gasteiger partial charge is 0.298 e. The number of anilines is 2. The molecule has 1 heterocycles. The number of halogens is 3. The quantitative estimate of drug-likeness (QED) is 0.507. The molecule has 31 heavy (non-hydrogen) atoms. The van der Waals surface area contributed by atoms with Crippen LogP contribution in [0.1, 0.15) is 15.9 Å². The average Bonchev–Trinajstić information content (AvgIpc) is 3.24. The highest BCUT2D eigenvalue weighted by Gasteiger charge is 2.32. The number of amides is 1. The van der Waals surface area contributed by atoms with Crippen molar-refractivity contribution in [1.29, 1.82) is 0 Å². The first-order chi connectivity index (χ1) is 14.6. The zero-order valence-electron chi connectivity index (χ0n) is 15.8. The Labute approximate surface area is 180 Å². The summed E-state index contributed by atoms with van der Waals surface area (Å²) >= 11 is 1.20. The lowest BCUT2D eigenvalue weighted by molar-refractivity contribution is -0.137. The second-order valence-electron chi connectivity index (χ2n) is 6.19. The van der Waals surface area contributed by atoms with E-state index < -0.39 is 27.7 Å². The van der Waals surface area contributed by atoms with Crippen LogP contribution in [0.2, 0.25) is 0 Å². The van der Waals surface area contributed by atoms with Gasteiger partial charge in [0.2, 0.25) is 0 Å². The van der Waals surface area contributed by atoms with Crippen molar-refractivity contribution in [1.82, 2.24) is 4.98 Å². The first-order valence-corrected chi connectivity index (χ1v) is 11.1. The third-order valence-corrected chi connectivity index (χ3v) is 6.57. The van der Waals surface area contributed by atoms with E-state index in [2.05, 4.69) is 16.9 Å². The van der Waals surface area contributed by atoms with Crippen LogP contribution in [-0.4, -0.2) is 25.9 Å². The van der Waals surface area contributed by atoms with Gasteiger partial charge in [-0.25, -0.2) is 13.4 Å². The van der Waals surface area contributed by atoms with Gasteiger partial charge in [0.05, 0.1) is 22.7 Å². The van der Waals surface area contributed by atoms with Gasteiger partial charge in [-0.05, 0) is 36.4 Å². The van der Waals surface area contributed by atoms with Gasteiger partial charge in [-0.2, -0.15) is 13.2 Å². The van der Waals surface area contributed by atoms with Gasteiger partial charge in [-0.1, -0.05) is 18.2 Å². The van der Waals surface area contributed by atoms with Gasteiger partial charge in [0.15, 0.2) is 5.13 Å². The third kappa shape index (κ3) is 5.12. The van der Waals surface area contributed by atoms with Crippen molar-refractivity contribution in [2.75, 3.05) is 16.2 Å². The zero-order chi connectivity index (χ0) is 22.6. The number of thiazole rings is 1. The van der Waals surface area contributed by atoms with Crippen LogP contribution in [0.4, 0.5) is 24.0 Å². The maximum Gasteiger partial charge on any atom is 0.416 e. The summed E-state index contributed by atoms with van der Waals surface area (Å²) in [4.78, 5) is 16.1. The second kappa shape index (κ2) is 8.90. The van der Waals surface area contributed by atoms with E-state index in [4.69, 9.17) is 0 Å². The molecule has 0 unspecified atom stereocenters. The summed E-state index contributed by atoms with van der Waals surface area (Å²) in [6.07, 6.45) is -1.87. The van der Waals surface area contributed by atoms with Crippen LogP contribution in [0.5, 0.6) is 0 Å². The molecule has 0 saturated heterocycles. The molecular weight excluding hydrogens is 451 g/mol. The molecule has 2 aromatic carbocycles. The first kappa shape index (κ1) is 22.5. The Morgan fingerprint density at radius 3 is 2.58 bits per heavy atom. The molecule has 0 fully saturated rings. The molecule has 1 N–H and O–H groups in total. The molecule has 0 spiro atoms. The monoisotopic (exact) mass is 467 g/mol. The van der Waals surface area contributed by atoms with Gasteiger partial charge in [-0.3, -0.25) is 14.4 Å². The Morgan fingerprint density at radius 1 is 1.19 bits per heavy atom. The first-order valence-electron chi connectivity index (χ1n) is 8.75. The molecule has 6 nitrogen and oxygen atoms in total. The number of carbonyl (C=O) groups excluding carboxylic acids is 1. The molecule has 0 atom stereocenters. The van der Waals surface area contributed by atoms with E-state index in [-0.39, 0.29) is 22.7 Å². The number of rotatable bonds is 7. The van der Waals surface area contributed by atoms with Crippen molar-refractivity contribution in [2.24, 2.45) is 0 Å². The predicted octanol–water partition coefficient (Wildman–Crippen LogP) is 4.80. The third-order valence-electron chi connectivity index (χ3n) is 4.09. The SMILES string of the molecule is C=CCN(c1cccc(C(F)(F)F)c1)S(=O)(=O)c1cccc(C(=O)Nc2nccs2)c1. The summed E-state index contributed by atoms with van der Waals surface area (Å²) in [6.45, 7) is 3.23. The van der Waals surface area contributed by atoms with Gasteiger partial charge in [0.25, 0.3) is 15.9 Å². The van der Waals surface area contributed by atoms with E-state index in [9.17, 15) is 26.4 Å². The number of aromatic nitrogens is 1. The summed E-state index contributed by atoms with van der Waals surface area (Å²) in [7, 11) is -4.29. The lowest BCUT2D eigenvalue weighted by atomic mass is 10.2. The predicted molar refractivity (Wildman–Crippen MR) is 113 cm³/mol. The molecule has 0 aliphatic rings. The number of benzene rings is 2. The molecule has 0 aliphatic carbocycles. The fourth-order valence-corrected chi connectivity index (χ4v) is 4.67. The average molecular weight is 467 g/mol. The fourth-order valence-electron chi connectivity index (χ4n) is 2.68. The van der Waals surface area contributed by atoms with E-state index in [0.29, 0.717) is 5.13 Å². The zero-order valence-corrected chi connectivity index (χ0v) is 17.5. The van der Waals surface area contributed by atoms with Crippen molar-refractivity contribution in [3.8, 4) is 0 Å². The highest BCUT2D eigenvalue weighted by atomic mass is 32.2. The van der Waals surface area contributed by atoms with Crippen LogP contribution in [-0.2, 0) is 16.2 Å². The minimum atomic E-state index is -4.63. The number of carbonyl (C=O) groups is 1. The normalized spacial score (nSPS) is 11.7. The maximum atomic E-state index is 13.2. The number of nitrogens with zero attached hydrogens (tertiary/aromatic N) is 2. The molecule has 0 bridgehead atoms. The van der Waals surface area contributed by atoms with Crippen molar-refractivity contribution in [3.05, 3.63) is 83.9 Å². The van der Waals surface area contributed by atoms with E-state index in [0.717, 1.165) is 28.6 Å². The molecule has 1 amide bonds. The lowest BCUT2D eigenvalue weighted by Gasteiger charge is -2.24. The van der Waals surface area contributed by atoms with Gasteiger partial charge < -0.3 is 0 Å². The van der Waals surface area contributed by atoms with Crippen LogP contribution in [0.15, 0.2) is 77.7 Å². The van der Waals surface area contributed by atoms with Crippen molar-refractivity contribution >= 4 is 38.1 Å². The number of alkyl halides is 3. The Morgan fingerprint density at radius 2 is 1.94 bits per heavy atom. The van der Waals surface area contributed by atoms with Crippen LogP contribution >= 0.6 is 11.3 Å². The summed E-state index contributed by atoms with van der Waals surface area (Å²) in [5.74, 6) is -0.568. The summed E-state index contributed by atoms with van der Waals surface area (Å²) in [6, 6.07) is 9.20. The molecule has 1 aromatic heterocycles. The minimum Gasteiger partial charge on any atom is -0.298 e. The minimum absolute atomic E-state index is 0.0545. The molecule has 11 heteroatoms. The van der Waals surface area contributed by atoms with Crippen LogP contribution in [0.3, 0.4) is 0 Å². The number of nitrogens with one attached hydrogen (secondary N) is 1. The van der Waals surface area contributed by atoms with Crippen LogP contribution < -0.4 is 9.62 Å². The Hall–Kier alpha value is -3.18. The number of hydrogen-bond donors (Lipinski definition) is 1. The van der Waals surface area contributed by atoms with Crippen molar-refractivity contribution in [3.63, 3.8) is 0 Å². The van der Waals surface area contributed by atoms with Crippen LogP contribution in [0.25, 0.3) is 0 Å². The number of hydrogen-bond acceptors (Lipinski definition) is 5. The fraction of sp³-hybridized carbons (Fsp3) is 0.100. The maximum absolute atomic E-state index is 13.2. The highest BCUT2D eigenvalue weighted by molar-refractivity contribution is 7.92. The lowest BCUT2D eigenvalue weighted by Crippen LogP contribution is -2.31. The van der Waals surface area contributed by atoms with Gasteiger partial charge in [0, 0.05) is 17.1 Å². The summed E-state index contributed by atoms with van der Waals surface area (Å²) in [5, 5.41) is 4.55. The molecule has 0 radical (unpaired) electrons. The topological polar surface area (TPSA) is 79.4 Å². The van der Waals surface area contributed by atoms with E-state index >= 15 is 0 Å². The Bertz CT molecular complexity index is 1190. The summed E-state index contributed by atoms with van der Waals surface area (Å²) in [5.41, 5.74) is -1.10. The number of sulfonamides is 1. The molecule has 0 saturated carbocycles. The van der Waals surface area contributed by atoms with E-state index in [1.165, 1.54) is 47.9 Å². The van der Waals surface area contributed by atoms with E-state index in [1.54, 1.807) is 5.38 Å². The van der Waals surface area contributed by atoms with Gasteiger partial charge in [0.1, 0.15) is 0 Å². The molecule has 3 rings (SSSR count). The van der Waals surface area contributed by atoms with Crippen LogP contribution in [0, 0.1) is 0 Å². The highest BCUT2D eigenvalue weighted by Crippen LogP contribution is 2.33. The van der Waals surface area contributed by atoms with E-state index in [1.807, 2.05) is 0 Å². The summed E-state index contributed by atoms with van der Waals surface area (Å²) < 4.78 is 66.6. The molecular formula is C20H16F3N3O3S2. The molecule has 3 aromatic rings. The second-order valence-corrected chi connectivity index (χ2v) is 8.95. The van der Waals surface area contributed by atoms with Crippen molar-refractivity contribution < 1.29 is 26.4 Å². The standard InChI is InChI=1S/C20H16F3N3O3S2/c1-2-10-26(16-7-4-6-15(13-16)20(21,22)23)31(28,29)17-8-3-5-14(12-17)18(27)25-19-24-9-11-30-19/h2-9,11-13H,1,10H2,(H,24,25,27). The Balaban J connectivity index is 1.98. The van der Waals surface area contributed by atoms with Gasteiger partial charge >= 0.3 is 6.18 Å². The molecule has 0 aliphatic heterocycles. The largest absolute Gasteiger partial charge is 0.416 e. The van der Waals surface area contributed by atoms with Crippen molar-refractivity contribution in [2.45, 2.75) is 11.1 Å². The molecule has 162 valence electrons.